The molecule has 7 heteroatoms. The Bertz CT molecular complexity index is 1360. The van der Waals surface area contributed by atoms with E-state index in [0.29, 0.717) is 44.4 Å². The molecular formula is C25H23N3O3S. The van der Waals surface area contributed by atoms with Crippen molar-refractivity contribution in [2.24, 2.45) is 0 Å². The zero-order valence-corrected chi connectivity index (χ0v) is 18.6. The predicted octanol–water partition coefficient (Wildman–Crippen LogP) is 5.54. The van der Waals surface area contributed by atoms with E-state index in [2.05, 4.69) is 5.32 Å². The summed E-state index contributed by atoms with van der Waals surface area (Å²) in [5.41, 5.74) is 1.21. The van der Waals surface area contributed by atoms with Gasteiger partial charge in [-0.15, -0.1) is 11.3 Å². The van der Waals surface area contributed by atoms with Crippen LogP contribution in [0.2, 0.25) is 0 Å². The fourth-order valence-corrected chi connectivity index (χ4v) is 5.17. The Kier molecular flexibility index (Phi) is 5.49. The van der Waals surface area contributed by atoms with E-state index in [4.69, 9.17) is 9.72 Å². The van der Waals surface area contributed by atoms with E-state index in [1.807, 2.05) is 55.5 Å². The first kappa shape index (κ1) is 20.5. The number of para-hydroxylation sites is 3. The second kappa shape index (κ2) is 8.59. The van der Waals surface area contributed by atoms with E-state index in [9.17, 15) is 9.59 Å². The van der Waals surface area contributed by atoms with Crippen molar-refractivity contribution in [3.8, 4) is 11.5 Å². The van der Waals surface area contributed by atoms with E-state index in [-0.39, 0.29) is 11.5 Å². The quantitative estimate of drug-likeness (QED) is 0.448. The van der Waals surface area contributed by atoms with Gasteiger partial charge in [0.2, 0.25) is 0 Å². The van der Waals surface area contributed by atoms with E-state index in [1.165, 1.54) is 11.3 Å². The minimum Gasteiger partial charge on any atom is -0.455 e. The van der Waals surface area contributed by atoms with Gasteiger partial charge in [0.05, 0.1) is 16.0 Å². The van der Waals surface area contributed by atoms with Crippen LogP contribution < -0.4 is 15.6 Å². The smallest absolute Gasteiger partial charge is 0.266 e. The lowest BCUT2D eigenvalue weighted by Gasteiger charge is -2.12. The second-order valence-electron chi connectivity index (χ2n) is 7.90. The van der Waals surface area contributed by atoms with Gasteiger partial charge in [-0.25, -0.2) is 4.98 Å². The molecule has 0 saturated carbocycles. The lowest BCUT2D eigenvalue weighted by atomic mass is 10.2. The van der Waals surface area contributed by atoms with Crippen molar-refractivity contribution < 1.29 is 9.53 Å². The van der Waals surface area contributed by atoms with Crippen LogP contribution >= 0.6 is 11.3 Å². The number of nitrogens with one attached hydrogen (secondary N) is 1. The normalized spacial score (nSPS) is 13.4. The fraction of sp³-hybridized carbons (Fsp3) is 0.240. The third-order valence-corrected chi connectivity index (χ3v) is 6.91. The minimum atomic E-state index is -0.269. The Morgan fingerprint density at radius 1 is 1.06 bits per heavy atom. The molecule has 1 N–H and O–H groups in total. The molecule has 0 bridgehead atoms. The van der Waals surface area contributed by atoms with Gasteiger partial charge in [-0.2, -0.15) is 0 Å². The number of hydrogen-bond acceptors (Lipinski definition) is 5. The van der Waals surface area contributed by atoms with Crippen LogP contribution in [0.3, 0.4) is 0 Å². The molecule has 4 aromatic rings. The molecule has 1 aliphatic rings. The summed E-state index contributed by atoms with van der Waals surface area (Å²) in [6.07, 6.45) is 3.92. The predicted molar refractivity (Wildman–Crippen MR) is 127 cm³/mol. The number of thiophene rings is 1. The summed E-state index contributed by atoms with van der Waals surface area (Å²) in [7, 11) is 0. The van der Waals surface area contributed by atoms with Crippen molar-refractivity contribution in [1.82, 2.24) is 9.55 Å². The first-order valence-corrected chi connectivity index (χ1v) is 11.6. The van der Waals surface area contributed by atoms with E-state index < -0.39 is 0 Å². The molecular weight excluding hydrogens is 422 g/mol. The topological polar surface area (TPSA) is 73.2 Å². The van der Waals surface area contributed by atoms with Crippen molar-refractivity contribution in [1.29, 1.82) is 0 Å². The van der Waals surface area contributed by atoms with Crippen LogP contribution in [0.4, 0.5) is 5.69 Å². The highest BCUT2D eigenvalue weighted by atomic mass is 32.1. The number of aryl methyl sites for hydroxylation is 2. The lowest BCUT2D eigenvalue weighted by molar-refractivity contribution is 0.102. The molecule has 0 saturated heterocycles. The van der Waals surface area contributed by atoms with Gasteiger partial charge in [0.15, 0.2) is 5.75 Å². The molecule has 0 spiro atoms. The number of aromatic nitrogens is 2. The number of benzene rings is 2. The van der Waals surface area contributed by atoms with Crippen molar-refractivity contribution in [2.45, 2.75) is 39.2 Å². The fourth-order valence-electron chi connectivity index (χ4n) is 4.08. The first-order chi connectivity index (χ1) is 15.6. The maximum Gasteiger partial charge on any atom is 0.266 e. The summed E-state index contributed by atoms with van der Waals surface area (Å²) < 4.78 is 7.75. The summed E-state index contributed by atoms with van der Waals surface area (Å²) >= 11 is 1.28. The molecule has 2 aromatic heterocycles. The van der Waals surface area contributed by atoms with Crippen LogP contribution in [0.5, 0.6) is 11.5 Å². The zero-order valence-electron chi connectivity index (χ0n) is 17.8. The molecule has 3 heterocycles. The van der Waals surface area contributed by atoms with Crippen molar-refractivity contribution in [3.63, 3.8) is 0 Å². The highest BCUT2D eigenvalue weighted by molar-refractivity contribution is 7.20. The number of ether oxygens (including phenoxy) is 1. The Morgan fingerprint density at radius 3 is 2.69 bits per heavy atom. The van der Waals surface area contributed by atoms with E-state index in [0.717, 1.165) is 31.5 Å². The number of carbonyl (C=O) groups excluding carboxylic acids is 1. The third kappa shape index (κ3) is 3.80. The van der Waals surface area contributed by atoms with Gasteiger partial charge in [-0.1, -0.05) is 36.8 Å². The number of anilines is 1. The lowest BCUT2D eigenvalue weighted by Crippen LogP contribution is -2.24. The molecule has 1 aliphatic heterocycles. The summed E-state index contributed by atoms with van der Waals surface area (Å²) in [6, 6.07) is 16.7. The molecule has 1 amide bonds. The molecule has 162 valence electrons. The Morgan fingerprint density at radius 2 is 1.84 bits per heavy atom. The van der Waals surface area contributed by atoms with Crippen molar-refractivity contribution in [3.05, 3.63) is 81.2 Å². The average molecular weight is 446 g/mol. The minimum absolute atomic E-state index is 0.0347. The number of rotatable bonds is 4. The maximum atomic E-state index is 13.2. The monoisotopic (exact) mass is 445 g/mol. The Labute approximate surface area is 189 Å². The summed E-state index contributed by atoms with van der Waals surface area (Å²) in [6.45, 7) is 2.52. The average Bonchev–Trinajstić information content (AvgIpc) is 2.96. The van der Waals surface area contributed by atoms with Crippen LogP contribution in [0.25, 0.3) is 10.2 Å². The van der Waals surface area contributed by atoms with Gasteiger partial charge < -0.3 is 10.1 Å². The number of amides is 1. The van der Waals surface area contributed by atoms with Gasteiger partial charge >= 0.3 is 0 Å². The van der Waals surface area contributed by atoms with Gasteiger partial charge in [-0.3, -0.25) is 14.2 Å². The number of hydrogen-bond donors (Lipinski definition) is 1. The molecule has 2 aromatic carbocycles. The number of carbonyl (C=O) groups is 1. The first-order valence-electron chi connectivity index (χ1n) is 10.8. The molecule has 5 rings (SSSR count). The van der Waals surface area contributed by atoms with Crippen LogP contribution in [0, 0.1) is 6.92 Å². The third-order valence-electron chi connectivity index (χ3n) is 5.72. The standard InChI is InChI=1S/C25H23N3O3S/c1-16-21-24(27-20-14-6-3-9-15-28(20)25(21)30)32-22(16)23(29)26-18-12-7-8-13-19(18)31-17-10-4-2-5-11-17/h2,4-5,7-8,10-13H,3,6,9,14-15H2,1H3,(H,26,29). The highest BCUT2D eigenvalue weighted by Crippen LogP contribution is 2.32. The van der Waals surface area contributed by atoms with Gasteiger partial charge in [-0.05, 0) is 49.6 Å². The van der Waals surface area contributed by atoms with Crippen LogP contribution in [0.1, 0.15) is 40.3 Å². The second-order valence-corrected chi connectivity index (χ2v) is 8.90. The van der Waals surface area contributed by atoms with E-state index in [1.54, 1.807) is 10.6 Å². The summed E-state index contributed by atoms with van der Waals surface area (Å²) in [5, 5.41) is 3.51. The van der Waals surface area contributed by atoms with Gasteiger partial charge in [0, 0.05) is 13.0 Å². The zero-order chi connectivity index (χ0) is 22.1. The summed E-state index contributed by atoms with van der Waals surface area (Å²) in [5.74, 6) is 1.80. The largest absolute Gasteiger partial charge is 0.455 e. The molecule has 0 radical (unpaired) electrons. The Balaban J connectivity index is 1.48. The van der Waals surface area contributed by atoms with Crippen LogP contribution in [0.15, 0.2) is 59.4 Å². The molecule has 0 fully saturated rings. The highest BCUT2D eigenvalue weighted by Gasteiger charge is 2.23. The molecule has 0 unspecified atom stereocenters. The molecule has 32 heavy (non-hydrogen) atoms. The van der Waals surface area contributed by atoms with Gasteiger partial charge in [0.1, 0.15) is 16.4 Å². The SMILES string of the molecule is Cc1c(C(=O)Nc2ccccc2Oc2ccccc2)sc2nc3n(c(=O)c12)CCCCC3. The molecule has 6 nitrogen and oxygen atoms in total. The van der Waals surface area contributed by atoms with Crippen molar-refractivity contribution in [2.75, 3.05) is 5.32 Å². The number of nitrogens with zero attached hydrogens (tertiary/aromatic N) is 2. The Hall–Kier alpha value is -3.45. The van der Waals surface area contributed by atoms with Crippen LogP contribution in [-0.4, -0.2) is 15.5 Å². The van der Waals surface area contributed by atoms with Gasteiger partial charge in [0.25, 0.3) is 11.5 Å². The van der Waals surface area contributed by atoms with Crippen LogP contribution in [-0.2, 0) is 13.0 Å². The molecule has 0 atom stereocenters. The maximum absolute atomic E-state index is 13.2. The molecule has 0 aliphatic carbocycles. The van der Waals surface area contributed by atoms with Crippen molar-refractivity contribution >= 4 is 33.1 Å². The summed E-state index contributed by atoms with van der Waals surface area (Å²) in [4.78, 5) is 32.3. The number of fused-ring (bicyclic) bond motifs is 2. The van der Waals surface area contributed by atoms with E-state index >= 15 is 0 Å².